The van der Waals surface area contributed by atoms with Crippen LogP contribution >= 0.6 is 0 Å². The number of carbonyl (C=O) groups is 1. The average molecular weight is 256 g/mol. The summed E-state index contributed by atoms with van der Waals surface area (Å²) in [5.41, 5.74) is 0. The van der Waals surface area contributed by atoms with Crippen LogP contribution in [0.1, 0.15) is 33.6 Å². The van der Waals surface area contributed by atoms with Crippen LogP contribution in [-0.4, -0.2) is 48.3 Å². The molecule has 1 N–H and O–H groups in total. The molecule has 1 atom stereocenters. The van der Waals surface area contributed by atoms with Gasteiger partial charge in [-0.1, -0.05) is 13.8 Å². The van der Waals surface area contributed by atoms with Crippen molar-refractivity contribution < 1.29 is 14.6 Å². The summed E-state index contributed by atoms with van der Waals surface area (Å²) in [5.74, 6) is 0.0771. The van der Waals surface area contributed by atoms with E-state index < -0.39 is 6.10 Å². The standard InChI is InChI=1S/C13H24N2O3/c1-4-18-13(17)8-12(16)10-15(7-5-6-14)9-11(2)3/h11-12,16H,4-5,7-10H2,1-3H3. The van der Waals surface area contributed by atoms with Crippen LogP contribution in [0.15, 0.2) is 0 Å². The van der Waals surface area contributed by atoms with Gasteiger partial charge in [0.15, 0.2) is 0 Å². The molecule has 0 aromatic heterocycles. The van der Waals surface area contributed by atoms with E-state index in [1.807, 2.05) is 4.90 Å². The summed E-state index contributed by atoms with van der Waals surface area (Å²) in [7, 11) is 0. The number of aliphatic hydroxyl groups is 1. The molecule has 0 saturated heterocycles. The first kappa shape index (κ1) is 16.9. The summed E-state index contributed by atoms with van der Waals surface area (Å²) in [4.78, 5) is 13.2. The Labute approximate surface area is 109 Å². The molecular formula is C13H24N2O3. The van der Waals surface area contributed by atoms with Gasteiger partial charge in [-0.2, -0.15) is 5.26 Å². The molecule has 18 heavy (non-hydrogen) atoms. The number of aliphatic hydroxyl groups excluding tert-OH is 1. The molecule has 0 fully saturated rings. The van der Waals surface area contributed by atoms with E-state index in [0.717, 1.165) is 6.54 Å². The quantitative estimate of drug-likeness (QED) is 0.627. The van der Waals surface area contributed by atoms with E-state index in [2.05, 4.69) is 19.9 Å². The molecule has 0 spiro atoms. The van der Waals surface area contributed by atoms with E-state index in [9.17, 15) is 9.90 Å². The Morgan fingerprint density at radius 1 is 1.44 bits per heavy atom. The van der Waals surface area contributed by atoms with E-state index in [1.54, 1.807) is 6.92 Å². The maximum Gasteiger partial charge on any atom is 0.308 e. The van der Waals surface area contributed by atoms with Gasteiger partial charge in [0.1, 0.15) is 0 Å². The predicted molar refractivity (Wildman–Crippen MR) is 68.8 cm³/mol. The predicted octanol–water partition coefficient (Wildman–Crippen LogP) is 1.17. The molecule has 0 amide bonds. The second-order valence-corrected chi connectivity index (χ2v) is 4.72. The van der Waals surface area contributed by atoms with Crippen LogP contribution in [0.5, 0.6) is 0 Å². The minimum atomic E-state index is -0.735. The molecule has 0 radical (unpaired) electrons. The van der Waals surface area contributed by atoms with Crippen LogP contribution < -0.4 is 0 Å². The average Bonchev–Trinajstić information content (AvgIpc) is 2.25. The van der Waals surface area contributed by atoms with Crippen molar-refractivity contribution in [1.82, 2.24) is 4.90 Å². The van der Waals surface area contributed by atoms with Crippen molar-refractivity contribution in [2.45, 2.75) is 39.7 Å². The van der Waals surface area contributed by atoms with Gasteiger partial charge in [-0.25, -0.2) is 0 Å². The lowest BCUT2D eigenvalue weighted by molar-refractivity contribution is -0.145. The topological polar surface area (TPSA) is 73.6 Å². The van der Waals surface area contributed by atoms with Gasteiger partial charge in [-0.15, -0.1) is 0 Å². The molecule has 0 aliphatic rings. The Hall–Kier alpha value is -1.12. The van der Waals surface area contributed by atoms with Gasteiger partial charge in [0, 0.05) is 26.1 Å². The van der Waals surface area contributed by atoms with Gasteiger partial charge >= 0.3 is 5.97 Å². The number of hydrogen-bond donors (Lipinski definition) is 1. The second-order valence-electron chi connectivity index (χ2n) is 4.72. The van der Waals surface area contributed by atoms with Gasteiger partial charge in [0.25, 0.3) is 0 Å². The molecule has 1 unspecified atom stereocenters. The van der Waals surface area contributed by atoms with Crippen LogP contribution in [0.25, 0.3) is 0 Å². The van der Waals surface area contributed by atoms with Crippen molar-refractivity contribution in [3.05, 3.63) is 0 Å². The van der Waals surface area contributed by atoms with Gasteiger partial charge in [-0.3, -0.25) is 9.69 Å². The van der Waals surface area contributed by atoms with Crippen LogP contribution in [0, 0.1) is 17.2 Å². The molecule has 5 nitrogen and oxygen atoms in total. The van der Waals surface area contributed by atoms with Crippen molar-refractivity contribution >= 4 is 5.97 Å². The molecule has 0 saturated carbocycles. The maximum absolute atomic E-state index is 11.2. The van der Waals surface area contributed by atoms with E-state index in [0.29, 0.717) is 32.0 Å². The van der Waals surface area contributed by atoms with Gasteiger partial charge < -0.3 is 9.84 Å². The largest absolute Gasteiger partial charge is 0.466 e. The van der Waals surface area contributed by atoms with E-state index in [4.69, 9.17) is 10.00 Å². The highest BCUT2D eigenvalue weighted by Crippen LogP contribution is 2.04. The SMILES string of the molecule is CCOC(=O)CC(O)CN(CCC#N)CC(C)C. The normalized spacial score (nSPS) is 12.5. The van der Waals surface area contributed by atoms with E-state index in [1.165, 1.54) is 0 Å². The summed E-state index contributed by atoms with van der Waals surface area (Å²) in [6.07, 6.45) is -0.296. The number of rotatable bonds is 9. The van der Waals surface area contributed by atoms with Crippen molar-refractivity contribution in [1.29, 1.82) is 5.26 Å². The van der Waals surface area contributed by atoms with E-state index in [-0.39, 0.29) is 12.4 Å². The summed E-state index contributed by atoms with van der Waals surface area (Å²) < 4.78 is 4.79. The summed E-state index contributed by atoms with van der Waals surface area (Å²) in [6.45, 7) is 8.06. The third-order valence-corrected chi connectivity index (χ3v) is 2.34. The Kier molecular flexibility index (Phi) is 9.25. The molecular weight excluding hydrogens is 232 g/mol. The first-order valence-electron chi connectivity index (χ1n) is 6.42. The van der Waals surface area contributed by atoms with E-state index >= 15 is 0 Å². The fourth-order valence-electron chi connectivity index (χ4n) is 1.76. The lowest BCUT2D eigenvalue weighted by Crippen LogP contribution is -2.37. The highest BCUT2D eigenvalue weighted by molar-refractivity contribution is 5.69. The zero-order valence-corrected chi connectivity index (χ0v) is 11.6. The molecule has 0 aromatic carbocycles. The number of nitrogens with zero attached hydrogens (tertiary/aromatic N) is 2. The van der Waals surface area contributed by atoms with Gasteiger partial charge in [0.05, 0.1) is 25.2 Å². The lowest BCUT2D eigenvalue weighted by Gasteiger charge is -2.25. The van der Waals surface area contributed by atoms with Crippen LogP contribution in [0.3, 0.4) is 0 Å². The zero-order valence-electron chi connectivity index (χ0n) is 11.6. The molecule has 0 aliphatic carbocycles. The third-order valence-electron chi connectivity index (χ3n) is 2.34. The summed E-state index contributed by atoms with van der Waals surface area (Å²) >= 11 is 0. The first-order chi connectivity index (χ1) is 8.49. The minimum Gasteiger partial charge on any atom is -0.466 e. The van der Waals surface area contributed by atoms with Crippen molar-refractivity contribution in [3.63, 3.8) is 0 Å². The number of esters is 1. The lowest BCUT2D eigenvalue weighted by atomic mass is 10.1. The van der Waals surface area contributed by atoms with Gasteiger partial charge in [-0.05, 0) is 12.8 Å². The van der Waals surface area contributed by atoms with Crippen molar-refractivity contribution in [2.75, 3.05) is 26.2 Å². The summed E-state index contributed by atoms with van der Waals surface area (Å²) in [6, 6.07) is 2.09. The van der Waals surface area contributed by atoms with Crippen LogP contribution in [-0.2, 0) is 9.53 Å². The fourth-order valence-corrected chi connectivity index (χ4v) is 1.76. The van der Waals surface area contributed by atoms with Gasteiger partial charge in [0.2, 0.25) is 0 Å². The third kappa shape index (κ3) is 8.97. The zero-order chi connectivity index (χ0) is 14.0. The number of hydrogen-bond acceptors (Lipinski definition) is 5. The highest BCUT2D eigenvalue weighted by atomic mass is 16.5. The Bertz CT molecular complexity index is 274. The molecule has 0 heterocycles. The first-order valence-corrected chi connectivity index (χ1v) is 6.42. The summed E-state index contributed by atoms with van der Waals surface area (Å²) in [5, 5.41) is 18.4. The van der Waals surface area contributed by atoms with Crippen molar-refractivity contribution in [2.24, 2.45) is 5.92 Å². The number of nitriles is 1. The molecule has 5 heteroatoms. The molecule has 0 bridgehead atoms. The van der Waals surface area contributed by atoms with Crippen LogP contribution in [0.2, 0.25) is 0 Å². The van der Waals surface area contributed by atoms with Crippen molar-refractivity contribution in [3.8, 4) is 6.07 Å². The molecule has 0 aromatic rings. The molecule has 0 rings (SSSR count). The maximum atomic E-state index is 11.2. The minimum absolute atomic E-state index is 0.00892. The Morgan fingerprint density at radius 3 is 2.61 bits per heavy atom. The second kappa shape index (κ2) is 9.86. The van der Waals surface area contributed by atoms with Crippen LogP contribution in [0.4, 0.5) is 0 Å². The highest BCUT2D eigenvalue weighted by Gasteiger charge is 2.16. The Balaban J connectivity index is 4.12. The monoisotopic (exact) mass is 256 g/mol. The molecule has 104 valence electrons. The number of carbonyl (C=O) groups excluding carboxylic acids is 1. The fraction of sp³-hybridized carbons (Fsp3) is 0.846. The smallest absolute Gasteiger partial charge is 0.308 e. The number of ether oxygens (including phenoxy) is 1. The Morgan fingerprint density at radius 2 is 2.11 bits per heavy atom. The molecule has 0 aliphatic heterocycles.